The van der Waals surface area contributed by atoms with Crippen molar-refractivity contribution in [2.24, 2.45) is 0 Å². The van der Waals surface area contributed by atoms with Crippen LogP contribution >= 0.6 is 0 Å². The minimum atomic E-state index is -0.349. The van der Waals surface area contributed by atoms with E-state index in [9.17, 15) is 9.59 Å². The summed E-state index contributed by atoms with van der Waals surface area (Å²) in [6, 6.07) is 11.9. The van der Waals surface area contributed by atoms with Crippen LogP contribution in [0.3, 0.4) is 0 Å². The molecule has 0 bridgehead atoms. The van der Waals surface area contributed by atoms with Gasteiger partial charge in [0.05, 0.1) is 11.6 Å². The van der Waals surface area contributed by atoms with Crippen LogP contribution in [0, 0.1) is 11.3 Å². The lowest BCUT2D eigenvalue weighted by molar-refractivity contribution is 0.0943. The second-order valence-electron chi connectivity index (χ2n) is 5.13. The molecule has 1 N–H and O–H groups in total. The van der Waals surface area contributed by atoms with Gasteiger partial charge in [0, 0.05) is 19.2 Å². The van der Waals surface area contributed by atoms with Gasteiger partial charge in [-0.3, -0.25) is 9.59 Å². The molecule has 0 spiro atoms. The van der Waals surface area contributed by atoms with Gasteiger partial charge in [-0.05, 0) is 30.2 Å². The third kappa shape index (κ3) is 4.51. The van der Waals surface area contributed by atoms with Crippen molar-refractivity contribution >= 4 is 5.91 Å². The highest BCUT2D eigenvalue weighted by Gasteiger charge is 2.09. The van der Waals surface area contributed by atoms with Gasteiger partial charge in [0.2, 0.25) is 0 Å². The van der Waals surface area contributed by atoms with Crippen molar-refractivity contribution in [2.75, 3.05) is 0 Å². The number of aryl methyl sites for hydroxylation is 1. The van der Waals surface area contributed by atoms with Crippen LogP contribution in [-0.4, -0.2) is 15.7 Å². The fraction of sp³-hybridized carbons (Fsp3) is 0.294. The van der Waals surface area contributed by atoms with Gasteiger partial charge >= 0.3 is 0 Å². The Hall–Kier alpha value is -2.94. The quantitative estimate of drug-likeness (QED) is 0.882. The summed E-state index contributed by atoms with van der Waals surface area (Å²) in [6.07, 6.45) is 1.78. The molecule has 0 aliphatic heterocycles. The number of nitrogens with zero attached hydrogens (tertiary/aromatic N) is 3. The molecular formula is C17H18N4O2. The molecule has 118 valence electrons. The third-order valence-corrected chi connectivity index (χ3v) is 3.33. The van der Waals surface area contributed by atoms with E-state index < -0.39 is 0 Å². The van der Waals surface area contributed by atoms with Crippen molar-refractivity contribution in [1.29, 1.82) is 5.26 Å². The largest absolute Gasteiger partial charge is 0.347 e. The molecule has 23 heavy (non-hydrogen) atoms. The van der Waals surface area contributed by atoms with E-state index in [4.69, 9.17) is 5.26 Å². The molecule has 6 heteroatoms. The molecule has 6 nitrogen and oxygen atoms in total. The number of hydrogen-bond donors (Lipinski definition) is 1. The minimum absolute atomic E-state index is 0.206. The first kappa shape index (κ1) is 16.4. The molecule has 1 amide bonds. The summed E-state index contributed by atoms with van der Waals surface area (Å²) in [4.78, 5) is 23.8. The first-order chi connectivity index (χ1) is 11.1. The first-order valence-corrected chi connectivity index (χ1v) is 7.49. The molecule has 1 aromatic carbocycles. The molecular weight excluding hydrogens is 292 g/mol. The Morgan fingerprint density at radius 3 is 2.91 bits per heavy atom. The number of benzene rings is 1. The Kier molecular flexibility index (Phi) is 5.64. The van der Waals surface area contributed by atoms with Crippen LogP contribution < -0.4 is 10.9 Å². The lowest BCUT2D eigenvalue weighted by Crippen LogP contribution is -2.29. The Morgan fingerprint density at radius 2 is 2.17 bits per heavy atom. The van der Waals surface area contributed by atoms with E-state index >= 15 is 0 Å². The standard InChI is InChI=1S/C17H18N4O2/c1-2-3-9-21-16(22)8-7-15(20-21)17(23)19-12-14-6-4-5-13(10-14)11-18/h4-8,10H,2-3,9,12H2,1H3,(H,19,23). The highest BCUT2D eigenvalue weighted by Crippen LogP contribution is 2.04. The van der Waals surface area contributed by atoms with E-state index in [0.29, 0.717) is 18.7 Å². The molecule has 0 saturated carbocycles. The normalized spacial score (nSPS) is 10.1. The highest BCUT2D eigenvalue weighted by atomic mass is 16.2. The van der Waals surface area contributed by atoms with Gasteiger partial charge in [0.15, 0.2) is 0 Å². The molecule has 0 aliphatic rings. The van der Waals surface area contributed by atoms with Crippen LogP contribution in [0.4, 0.5) is 0 Å². The Labute approximate surface area is 134 Å². The van der Waals surface area contributed by atoms with Gasteiger partial charge in [-0.1, -0.05) is 25.5 Å². The predicted octanol–water partition coefficient (Wildman–Crippen LogP) is 1.85. The summed E-state index contributed by atoms with van der Waals surface area (Å²) in [7, 11) is 0. The average Bonchev–Trinajstić information content (AvgIpc) is 2.59. The topological polar surface area (TPSA) is 87.8 Å². The molecule has 2 aromatic rings. The number of carbonyl (C=O) groups excluding carboxylic acids is 1. The lowest BCUT2D eigenvalue weighted by atomic mass is 10.1. The van der Waals surface area contributed by atoms with Crippen LogP contribution in [0.15, 0.2) is 41.2 Å². The molecule has 0 fully saturated rings. The number of carbonyl (C=O) groups is 1. The van der Waals surface area contributed by atoms with E-state index in [1.165, 1.54) is 16.8 Å². The van der Waals surface area contributed by atoms with Crippen molar-refractivity contribution < 1.29 is 4.79 Å². The number of nitriles is 1. The molecule has 2 rings (SSSR count). The zero-order valence-corrected chi connectivity index (χ0v) is 13.0. The van der Waals surface area contributed by atoms with E-state index in [2.05, 4.69) is 16.5 Å². The second-order valence-corrected chi connectivity index (χ2v) is 5.13. The van der Waals surface area contributed by atoms with Crippen LogP contribution in [-0.2, 0) is 13.1 Å². The van der Waals surface area contributed by atoms with Gasteiger partial charge < -0.3 is 5.32 Å². The van der Waals surface area contributed by atoms with Crippen molar-refractivity contribution in [1.82, 2.24) is 15.1 Å². The zero-order chi connectivity index (χ0) is 16.7. The zero-order valence-electron chi connectivity index (χ0n) is 13.0. The summed E-state index contributed by atoms with van der Waals surface area (Å²) in [5, 5.41) is 15.7. The summed E-state index contributed by atoms with van der Waals surface area (Å²) in [5.41, 5.74) is 1.37. The maximum atomic E-state index is 12.2. The smallest absolute Gasteiger partial charge is 0.271 e. The van der Waals surface area contributed by atoms with Crippen molar-refractivity contribution in [3.8, 4) is 6.07 Å². The predicted molar refractivity (Wildman–Crippen MR) is 85.7 cm³/mol. The number of rotatable bonds is 6. The molecule has 0 radical (unpaired) electrons. The van der Waals surface area contributed by atoms with E-state index in [1.807, 2.05) is 13.0 Å². The molecule has 1 heterocycles. The molecule has 0 saturated heterocycles. The monoisotopic (exact) mass is 310 g/mol. The number of amides is 1. The molecule has 0 unspecified atom stereocenters. The van der Waals surface area contributed by atoms with Crippen molar-refractivity contribution in [3.63, 3.8) is 0 Å². The van der Waals surface area contributed by atoms with Gasteiger partial charge in [-0.15, -0.1) is 0 Å². The summed E-state index contributed by atoms with van der Waals surface area (Å²) in [5.74, 6) is -0.349. The lowest BCUT2D eigenvalue weighted by Gasteiger charge is -2.07. The maximum Gasteiger partial charge on any atom is 0.271 e. The van der Waals surface area contributed by atoms with Crippen LogP contribution in [0.5, 0.6) is 0 Å². The maximum absolute atomic E-state index is 12.2. The number of aromatic nitrogens is 2. The van der Waals surface area contributed by atoms with Crippen molar-refractivity contribution in [2.45, 2.75) is 32.9 Å². The SMILES string of the molecule is CCCCn1nc(C(=O)NCc2cccc(C#N)c2)ccc1=O. The van der Waals surface area contributed by atoms with Gasteiger partial charge in [0.25, 0.3) is 11.5 Å². The van der Waals surface area contributed by atoms with Crippen LogP contribution in [0.1, 0.15) is 41.4 Å². The summed E-state index contributed by atoms with van der Waals surface area (Å²) >= 11 is 0. The van der Waals surface area contributed by atoms with E-state index in [0.717, 1.165) is 18.4 Å². The number of hydrogen-bond acceptors (Lipinski definition) is 4. The van der Waals surface area contributed by atoms with E-state index in [1.54, 1.807) is 18.2 Å². The van der Waals surface area contributed by atoms with Crippen molar-refractivity contribution in [3.05, 3.63) is 63.6 Å². The second kappa shape index (κ2) is 7.90. The fourth-order valence-corrected chi connectivity index (χ4v) is 2.06. The van der Waals surface area contributed by atoms with Crippen LogP contribution in [0.25, 0.3) is 0 Å². The fourth-order valence-electron chi connectivity index (χ4n) is 2.06. The molecule has 0 aliphatic carbocycles. The summed E-state index contributed by atoms with van der Waals surface area (Å²) < 4.78 is 1.31. The Morgan fingerprint density at radius 1 is 1.35 bits per heavy atom. The Bertz CT molecular complexity index is 790. The Balaban J connectivity index is 2.05. The first-order valence-electron chi connectivity index (χ1n) is 7.49. The minimum Gasteiger partial charge on any atom is -0.347 e. The number of nitrogens with one attached hydrogen (secondary N) is 1. The molecule has 0 atom stereocenters. The average molecular weight is 310 g/mol. The summed E-state index contributed by atoms with van der Waals surface area (Å²) in [6.45, 7) is 2.82. The van der Waals surface area contributed by atoms with Crippen LogP contribution in [0.2, 0.25) is 0 Å². The van der Waals surface area contributed by atoms with Gasteiger partial charge in [0.1, 0.15) is 5.69 Å². The molecule has 1 aromatic heterocycles. The number of unbranched alkanes of at least 4 members (excludes halogenated alkanes) is 1. The van der Waals surface area contributed by atoms with Gasteiger partial charge in [-0.25, -0.2) is 4.68 Å². The van der Waals surface area contributed by atoms with E-state index in [-0.39, 0.29) is 17.2 Å². The third-order valence-electron chi connectivity index (χ3n) is 3.33. The highest BCUT2D eigenvalue weighted by molar-refractivity contribution is 5.91. The van der Waals surface area contributed by atoms with Gasteiger partial charge in [-0.2, -0.15) is 10.4 Å².